The van der Waals surface area contributed by atoms with E-state index in [-0.39, 0.29) is 23.9 Å². The highest BCUT2D eigenvalue weighted by atomic mass is 16.5. The molecule has 1 saturated heterocycles. The zero-order chi connectivity index (χ0) is 22.2. The molecule has 4 nitrogen and oxygen atoms in total. The molecule has 0 bridgehead atoms. The van der Waals surface area contributed by atoms with Gasteiger partial charge < -0.3 is 14.4 Å². The maximum absolute atomic E-state index is 13.2. The summed E-state index contributed by atoms with van der Waals surface area (Å²) < 4.78 is 11.9. The molecule has 0 aromatic heterocycles. The molecule has 3 aromatic carbocycles. The molecule has 1 heterocycles. The van der Waals surface area contributed by atoms with Crippen LogP contribution in [0.4, 0.5) is 0 Å². The van der Waals surface area contributed by atoms with Crippen LogP contribution in [-0.4, -0.2) is 36.1 Å². The lowest BCUT2D eigenvalue weighted by Gasteiger charge is -2.13. The Labute approximate surface area is 190 Å². The zero-order valence-corrected chi connectivity index (χ0v) is 18.6. The first-order valence-corrected chi connectivity index (χ1v) is 11.3. The number of hydrogen-bond acceptors (Lipinski definition) is 3. The number of ether oxygens (including phenoxy) is 2. The molecule has 4 rings (SSSR count). The van der Waals surface area contributed by atoms with Gasteiger partial charge in [-0.25, -0.2) is 0 Å². The molecule has 3 atom stereocenters. The molecule has 4 heteroatoms. The minimum absolute atomic E-state index is 0.0696. The third-order valence-electron chi connectivity index (χ3n) is 5.93. The minimum atomic E-state index is -0.0758. The van der Waals surface area contributed by atoms with Gasteiger partial charge in [0, 0.05) is 5.92 Å². The Kier molecular flexibility index (Phi) is 7.70. The summed E-state index contributed by atoms with van der Waals surface area (Å²) in [7, 11) is 0. The summed E-state index contributed by atoms with van der Waals surface area (Å²) in [6, 6.07) is 30.6. The van der Waals surface area contributed by atoms with Crippen LogP contribution in [0.1, 0.15) is 23.6 Å². The van der Waals surface area contributed by atoms with E-state index < -0.39 is 0 Å². The molecule has 166 valence electrons. The lowest BCUT2D eigenvalue weighted by Crippen LogP contribution is -2.25. The van der Waals surface area contributed by atoms with Crippen LogP contribution in [0.25, 0.3) is 0 Å². The standard InChI is InChI=1S/C28H31NO3/c1-22(17-23-11-5-2-6-12-23)28(30)29-26(20-31-18-24-13-7-3-8-14-24)27(29)21-32-19-25-15-9-4-10-16-25/h2-16,22,26-27H,17-21H2,1H3/t22-,26+,27+/m0/s1. The van der Waals surface area contributed by atoms with Gasteiger partial charge in [0.25, 0.3) is 0 Å². The Hall–Kier alpha value is -2.95. The van der Waals surface area contributed by atoms with Crippen molar-refractivity contribution in [3.63, 3.8) is 0 Å². The van der Waals surface area contributed by atoms with Crippen molar-refractivity contribution >= 4 is 5.91 Å². The molecule has 0 spiro atoms. The molecule has 3 aromatic rings. The van der Waals surface area contributed by atoms with E-state index in [0.29, 0.717) is 26.4 Å². The average molecular weight is 430 g/mol. The summed E-state index contributed by atoms with van der Waals surface area (Å²) in [6.07, 6.45) is 0.741. The maximum Gasteiger partial charge on any atom is 0.226 e. The van der Waals surface area contributed by atoms with E-state index in [0.717, 1.165) is 17.5 Å². The highest BCUT2D eigenvalue weighted by Gasteiger charge is 2.51. The predicted octanol–water partition coefficient (Wildman–Crippen LogP) is 4.88. The van der Waals surface area contributed by atoms with Gasteiger partial charge in [0.1, 0.15) is 0 Å². The fraction of sp³-hybridized carbons (Fsp3) is 0.321. The molecular weight excluding hydrogens is 398 g/mol. The monoisotopic (exact) mass is 429 g/mol. The summed E-state index contributed by atoms with van der Waals surface area (Å²) in [5.41, 5.74) is 3.46. The van der Waals surface area contributed by atoms with Crippen LogP contribution in [0.3, 0.4) is 0 Å². The van der Waals surface area contributed by atoms with Crippen molar-refractivity contribution in [2.75, 3.05) is 13.2 Å². The third kappa shape index (κ3) is 6.06. The molecule has 0 N–H and O–H groups in total. The van der Waals surface area contributed by atoms with E-state index in [1.165, 1.54) is 5.56 Å². The van der Waals surface area contributed by atoms with Gasteiger partial charge >= 0.3 is 0 Å². The van der Waals surface area contributed by atoms with Gasteiger partial charge in [-0.2, -0.15) is 0 Å². The van der Waals surface area contributed by atoms with Crippen molar-refractivity contribution in [1.29, 1.82) is 0 Å². The smallest absolute Gasteiger partial charge is 0.226 e. The summed E-state index contributed by atoms with van der Waals surface area (Å²) in [4.78, 5) is 15.2. The van der Waals surface area contributed by atoms with Crippen molar-refractivity contribution < 1.29 is 14.3 Å². The van der Waals surface area contributed by atoms with Crippen LogP contribution in [0.5, 0.6) is 0 Å². The van der Waals surface area contributed by atoms with E-state index in [1.807, 2.05) is 66.4 Å². The fourth-order valence-corrected chi connectivity index (χ4v) is 4.10. The van der Waals surface area contributed by atoms with Crippen LogP contribution in [0.15, 0.2) is 91.0 Å². The third-order valence-corrected chi connectivity index (χ3v) is 5.93. The normalized spacial score (nSPS) is 18.3. The molecular formula is C28H31NO3. The molecule has 0 radical (unpaired) electrons. The quantitative estimate of drug-likeness (QED) is 0.408. The second-order valence-electron chi connectivity index (χ2n) is 8.47. The van der Waals surface area contributed by atoms with Crippen LogP contribution >= 0.6 is 0 Å². The van der Waals surface area contributed by atoms with Gasteiger partial charge in [-0.15, -0.1) is 0 Å². The Bertz CT molecular complexity index is 910. The van der Waals surface area contributed by atoms with Crippen LogP contribution in [0, 0.1) is 5.92 Å². The van der Waals surface area contributed by atoms with Crippen molar-refractivity contribution in [1.82, 2.24) is 4.90 Å². The van der Waals surface area contributed by atoms with Gasteiger partial charge in [0.2, 0.25) is 5.91 Å². The van der Waals surface area contributed by atoms with Crippen LogP contribution in [0.2, 0.25) is 0 Å². The summed E-state index contributed by atoms with van der Waals surface area (Å²) >= 11 is 0. The Morgan fingerprint density at radius 3 is 1.56 bits per heavy atom. The van der Waals surface area contributed by atoms with Crippen molar-refractivity contribution in [2.24, 2.45) is 5.92 Å². The maximum atomic E-state index is 13.2. The summed E-state index contributed by atoms with van der Waals surface area (Å²) in [5.74, 6) is 0.101. The van der Waals surface area contributed by atoms with E-state index in [9.17, 15) is 4.79 Å². The second-order valence-corrected chi connectivity index (χ2v) is 8.47. The summed E-state index contributed by atoms with van der Waals surface area (Å²) in [5, 5.41) is 0. The number of carbonyl (C=O) groups is 1. The Morgan fingerprint density at radius 2 is 1.12 bits per heavy atom. The first-order chi connectivity index (χ1) is 15.7. The number of carbonyl (C=O) groups excluding carboxylic acids is 1. The summed E-state index contributed by atoms with van der Waals surface area (Å²) in [6.45, 7) is 4.17. The second kappa shape index (κ2) is 11.1. The molecule has 32 heavy (non-hydrogen) atoms. The Balaban J connectivity index is 1.33. The van der Waals surface area contributed by atoms with Gasteiger partial charge in [0.05, 0.1) is 38.5 Å². The zero-order valence-electron chi connectivity index (χ0n) is 18.6. The van der Waals surface area contributed by atoms with Gasteiger partial charge in [-0.3, -0.25) is 4.79 Å². The van der Waals surface area contributed by atoms with E-state index >= 15 is 0 Å². The van der Waals surface area contributed by atoms with E-state index in [4.69, 9.17) is 9.47 Å². The molecule has 0 saturated carbocycles. The molecule has 0 aliphatic carbocycles. The van der Waals surface area contributed by atoms with Gasteiger partial charge in [0.15, 0.2) is 0 Å². The van der Waals surface area contributed by atoms with E-state index in [1.54, 1.807) is 0 Å². The number of hydrogen-bond donors (Lipinski definition) is 0. The largest absolute Gasteiger partial charge is 0.375 e. The molecule has 1 aliphatic rings. The first kappa shape index (κ1) is 22.3. The Morgan fingerprint density at radius 1 is 0.719 bits per heavy atom. The lowest BCUT2D eigenvalue weighted by molar-refractivity contribution is -0.130. The van der Waals surface area contributed by atoms with E-state index in [2.05, 4.69) is 36.4 Å². The van der Waals surface area contributed by atoms with Crippen LogP contribution < -0.4 is 0 Å². The topological polar surface area (TPSA) is 38.5 Å². The van der Waals surface area contributed by atoms with Gasteiger partial charge in [-0.05, 0) is 23.1 Å². The lowest BCUT2D eigenvalue weighted by atomic mass is 10.0. The highest BCUT2D eigenvalue weighted by Crippen LogP contribution is 2.32. The average Bonchev–Trinajstić information content (AvgIpc) is 3.52. The molecule has 1 amide bonds. The molecule has 1 fully saturated rings. The van der Waals surface area contributed by atoms with Crippen molar-refractivity contribution in [2.45, 2.75) is 38.6 Å². The van der Waals surface area contributed by atoms with Crippen molar-refractivity contribution in [3.05, 3.63) is 108 Å². The SMILES string of the molecule is C[C@@H](Cc1ccccc1)C(=O)N1[C@H](COCc2ccccc2)[C@H]1COCc1ccccc1. The number of benzene rings is 3. The number of nitrogens with zero attached hydrogens (tertiary/aromatic N) is 1. The highest BCUT2D eigenvalue weighted by molar-refractivity contribution is 5.82. The van der Waals surface area contributed by atoms with Crippen LogP contribution in [-0.2, 0) is 33.9 Å². The van der Waals surface area contributed by atoms with Crippen molar-refractivity contribution in [3.8, 4) is 0 Å². The number of rotatable bonds is 11. The molecule has 0 unspecified atom stereocenters. The first-order valence-electron chi connectivity index (χ1n) is 11.3. The minimum Gasteiger partial charge on any atom is -0.375 e. The predicted molar refractivity (Wildman–Crippen MR) is 126 cm³/mol. The molecule has 1 aliphatic heterocycles. The fourth-order valence-electron chi connectivity index (χ4n) is 4.10. The van der Waals surface area contributed by atoms with Gasteiger partial charge in [-0.1, -0.05) is 97.9 Å². The number of amides is 1.